The summed E-state index contributed by atoms with van der Waals surface area (Å²) in [7, 11) is -4.90. The van der Waals surface area contributed by atoms with Crippen LogP contribution in [0.2, 0.25) is 0 Å². The fourth-order valence-electron chi connectivity index (χ4n) is 4.38. The Morgan fingerprint density at radius 1 is 0.765 bits per heavy atom. The lowest BCUT2D eigenvalue weighted by Gasteiger charge is -2.52. The maximum Gasteiger partial charge on any atom is 0.479 e. The van der Waals surface area contributed by atoms with Crippen LogP contribution in [-0.2, 0) is 60.3 Å². The van der Waals surface area contributed by atoms with Crippen LogP contribution in [0.4, 0.5) is 0 Å². The lowest BCUT2D eigenvalue weighted by Crippen LogP contribution is -2.59. The van der Waals surface area contributed by atoms with E-state index >= 15 is 0 Å². The van der Waals surface area contributed by atoms with Crippen LogP contribution in [0.15, 0.2) is 0 Å². The van der Waals surface area contributed by atoms with Gasteiger partial charge in [-0.25, -0.2) is 0 Å². The first-order valence-electron chi connectivity index (χ1n) is 10.6. The summed E-state index contributed by atoms with van der Waals surface area (Å²) in [6.07, 6.45) is 0.0630. The van der Waals surface area contributed by atoms with Crippen molar-refractivity contribution in [2.75, 3.05) is 40.3 Å². The number of carbonyl (C=O) groups is 3. The van der Waals surface area contributed by atoms with Gasteiger partial charge in [0.25, 0.3) is 0 Å². The van der Waals surface area contributed by atoms with Gasteiger partial charge in [0.1, 0.15) is 0 Å². The normalized spacial score (nSPS) is 35.4. The first kappa shape index (κ1) is 26.3. The summed E-state index contributed by atoms with van der Waals surface area (Å²) in [5.41, 5.74) is 0. The number of methoxy groups -OCH3 is 3. The molecule has 0 saturated carbocycles. The second-order valence-electron chi connectivity index (χ2n) is 8.77. The van der Waals surface area contributed by atoms with Crippen molar-refractivity contribution in [3.63, 3.8) is 0 Å². The molecule has 0 N–H and O–H groups in total. The third kappa shape index (κ3) is 4.80. The second-order valence-corrected chi connectivity index (χ2v) is 17.2. The molecule has 4 bridgehead atoms. The highest BCUT2D eigenvalue weighted by atomic mass is 31.3. The molecule has 0 amide bonds. The highest BCUT2D eigenvalue weighted by molar-refractivity contribution is 7.83. The fourth-order valence-corrected chi connectivity index (χ4v) is 14.9. The summed E-state index contributed by atoms with van der Waals surface area (Å²) in [5, 5.41) is -0.611. The third-order valence-corrected chi connectivity index (χ3v) is 15.4. The van der Waals surface area contributed by atoms with Crippen LogP contribution in [0.25, 0.3) is 0 Å². The summed E-state index contributed by atoms with van der Waals surface area (Å²) in [6, 6.07) is 0. The van der Waals surface area contributed by atoms with Crippen LogP contribution in [-0.4, -0.2) is 76.6 Å². The van der Waals surface area contributed by atoms with E-state index in [1.165, 1.54) is 21.3 Å². The number of esters is 3. The van der Waals surface area contributed by atoms with E-state index in [1.54, 1.807) is 13.6 Å². The van der Waals surface area contributed by atoms with Gasteiger partial charge in [-0.15, -0.1) is 27.1 Å². The predicted molar refractivity (Wildman–Crippen MR) is 116 cm³/mol. The van der Waals surface area contributed by atoms with Crippen molar-refractivity contribution in [3.05, 3.63) is 0 Å². The Hall–Kier alpha value is -0.740. The SMILES string of the molecule is COC(=O)C(C)C[C@H](CC(CP(C)(=O)CC([P+]12OC(O1)O2)[P+]12OC(O1)O2)C(=O)OC)C(=O)OC. The summed E-state index contributed by atoms with van der Waals surface area (Å²) >= 11 is 0. The molecular weight excluding hydrogens is 517 g/mol. The van der Waals surface area contributed by atoms with Gasteiger partial charge in [0.15, 0.2) is 0 Å². The Kier molecular flexibility index (Phi) is 7.44. The highest BCUT2D eigenvalue weighted by Gasteiger charge is 2.97. The molecule has 6 heterocycles. The minimum absolute atomic E-state index is 0.0130. The molecule has 4 atom stereocenters. The van der Waals surface area contributed by atoms with Crippen LogP contribution in [0.1, 0.15) is 19.8 Å². The molecule has 34 heavy (non-hydrogen) atoms. The average molecular weight is 546 g/mol. The van der Waals surface area contributed by atoms with Crippen molar-refractivity contribution in [1.29, 1.82) is 0 Å². The molecule has 6 fully saturated rings. The molecule has 6 saturated heterocycles. The Morgan fingerprint density at radius 3 is 1.59 bits per heavy atom. The first-order chi connectivity index (χ1) is 16.0. The lowest BCUT2D eigenvalue weighted by atomic mass is 9.88. The van der Waals surface area contributed by atoms with E-state index in [9.17, 15) is 18.9 Å². The van der Waals surface area contributed by atoms with E-state index in [2.05, 4.69) is 0 Å². The highest BCUT2D eigenvalue weighted by Crippen LogP contribution is 3.00. The van der Waals surface area contributed by atoms with Gasteiger partial charge in [-0.05, 0) is 19.5 Å². The zero-order chi connectivity index (χ0) is 24.9. The molecule has 6 rings (SSSR count). The van der Waals surface area contributed by atoms with Gasteiger partial charge >= 0.3 is 52.1 Å². The van der Waals surface area contributed by atoms with Gasteiger partial charge in [0.05, 0.1) is 52.4 Å². The molecule has 0 aliphatic carbocycles. The van der Waals surface area contributed by atoms with E-state index in [1.807, 2.05) is 0 Å². The number of ether oxygens (including phenoxy) is 3. The fraction of sp³-hybridized carbons (Fsp3) is 0.833. The average Bonchev–Trinajstić information content (AvgIpc) is 2.65. The van der Waals surface area contributed by atoms with Crippen molar-refractivity contribution >= 4 is 40.9 Å². The molecule has 0 radical (unpaired) electrons. The van der Waals surface area contributed by atoms with E-state index < -0.39 is 77.0 Å². The van der Waals surface area contributed by atoms with E-state index in [0.717, 1.165) is 0 Å². The molecule has 13 nitrogen and oxygen atoms in total. The van der Waals surface area contributed by atoms with Crippen molar-refractivity contribution < 1.29 is 60.3 Å². The minimum Gasteiger partial charge on any atom is -0.469 e. The molecule has 0 spiro atoms. The maximum absolute atomic E-state index is 13.8. The maximum atomic E-state index is 13.8. The predicted octanol–water partition coefficient (Wildman–Crippen LogP) is 2.72. The zero-order valence-corrected chi connectivity index (χ0v) is 22.1. The van der Waals surface area contributed by atoms with Crippen molar-refractivity contribution in [3.8, 4) is 0 Å². The molecule has 3 unspecified atom stereocenters. The molecule has 0 aromatic heterocycles. The van der Waals surface area contributed by atoms with Crippen LogP contribution in [0, 0.1) is 17.8 Å². The monoisotopic (exact) mass is 546 g/mol. The van der Waals surface area contributed by atoms with Crippen molar-refractivity contribution in [1.82, 2.24) is 0 Å². The third-order valence-electron chi connectivity index (χ3n) is 6.16. The molecule has 16 heteroatoms. The Morgan fingerprint density at radius 2 is 1.21 bits per heavy atom. The van der Waals surface area contributed by atoms with Crippen LogP contribution in [0.5, 0.6) is 0 Å². The van der Waals surface area contributed by atoms with Crippen LogP contribution < -0.4 is 0 Å². The Labute approximate surface area is 197 Å². The summed E-state index contributed by atoms with van der Waals surface area (Å²) in [5.74, 6) is -3.99. The van der Waals surface area contributed by atoms with Gasteiger partial charge in [0.2, 0.25) is 0 Å². The summed E-state index contributed by atoms with van der Waals surface area (Å²) in [4.78, 5) is 36.9. The quantitative estimate of drug-likeness (QED) is 0.189. The van der Waals surface area contributed by atoms with Crippen molar-refractivity contribution in [2.24, 2.45) is 17.8 Å². The first-order valence-corrected chi connectivity index (χ1v) is 16.4. The topological polar surface area (TPSA) is 151 Å². The van der Waals surface area contributed by atoms with Gasteiger partial charge in [-0.1, -0.05) is 6.92 Å². The second kappa shape index (κ2) is 9.61. The Balaban J connectivity index is 1.46. The molecule has 6 aliphatic heterocycles. The van der Waals surface area contributed by atoms with E-state index in [-0.39, 0.29) is 25.2 Å². The minimum atomic E-state index is -3.10. The molecule has 0 aromatic rings. The van der Waals surface area contributed by atoms with E-state index in [0.29, 0.717) is 0 Å². The van der Waals surface area contributed by atoms with Gasteiger partial charge in [-0.3, -0.25) is 14.4 Å². The molecule has 6 aliphatic rings. The number of hydrogen-bond acceptors (Lipinski definition) is 13. The molecule has 0 aromatic carbocycles. The number of rotatable bonds is 13. The summed E-state index contributed by atoms with van der Waals surface area (Å²) < 4.78 is 61.7. The zero-order valence-electron chi connectivity index (χ0n) is 19.4. The van der Waals surface area contributed by atoms with Crippen molar-refractivity contribution in [2.45, 2.75) is 38.1 Å². The standard InChI is InChI=1S/C18H29O13P3/c1-10(14(19)23-2)6-11(15(20)24-3)7-12(16(21)25-4)8-32(5,22)9-13(33-26-17(27-33)28-33)34-29-18(30-34)31-34/h10-13,17-18H,6-9H2,1-5H3/q+2/t10?,11-,12?,13?,17?,18?,32?,33?,34?/m1/s1. The lowest BCUT2D eigenvalue weighted by molar-refractivity contribution is -0.346. The number of hydrogen-bond donors (Lipinski definition) is 0. The largest absolute Gasteiger partial charge is 0.479 e. The van der Waals surface area contributed by atoms with Gasteiger partial charge in [0, 0.05) is 6.16 Å². The van der Waals surface area contributed by atoms with E-state index in [4.69, 9.17) is 41.4 Å². The number of carbonyl (C=O) groups excluding carboxylic acids is 3. The van der Waals surface area contributed by atoms with Crippen LogP contribution in [0.3, 0.4) is 0 Å². The summed E-state index contributed by atoms with van der Waals surface area (Å²) in [6.45, 7) is 1.73. The molecule has 192 valence electrons. The smallest absolute Gasteiger partial charge is 0.469 e. The van der Waals surface area contributed by atoms with Crippen LogP contribution >= 0.6 is 23.0 Å². The van der Waals surface area contributed by atoms with Gasteiger partial charge < -0.3 is 18.8 Å². The molecular formula is C18H29O13P3+2. The van der Waals surface area contributed by atoms with Gasteiger partial charge in [-0.2, -0.15) is 0 Å². The Bertz CT molecular complexity index is 836.